The van der Waals surface area contributed by atoms with Crippen molar-refractivity contribution in [1.29, 1.82) is 0 Å². The van der Waals surface area contributed by atoms with Crippen molar-refractivity contribution in [2.24, 2.45) is 0 Å². The number of methoxy groups -OCH3 is 2. The van der Waals surface area contributed by atoms with Gasteiger partial charge < -0.3 is 9.47 Å². The number of hydrogen-bond acceptors (Lipinski definition) is 4. The first-order valence-electron chi connectivity index (χ1n) is 7.77. The molecule has 0 bridgehead atoms. The molecular weight excluding hydrogens is 318 g/mol. The van der Waals surface area contributed by atoms with E-state index in [0.29, 0.717) is 33.7 Å². The average molecular weight is 333 g/mol. The van der Waals surface area contributed by atoms with Gasteiger partial charge in [-0.1, -0.05) is 24.3 Å². The van der Waals surface area contributed by atoms with Gasteiger partial charge in [0, 0.05) is 34.7 Å². The number of amides is 2. The van der Waals surface area contributed by atoms with E-state index < -0.39 is 0 Å². The van der Waals surface area contributed by atoms with Crippen molar-refractivity contribution in [3.63, 3.8) is 0 Å². The molecule has 1 aliphatic heterocycles. The van der Waals surface area contributed by atoms with Crippen LogP contribution < -0.4 is 14.4 Å². The van der Waals surface area contributed by atoms with Gasteiger partial charge in [0.1, 0.15) is 11.5 Å². The summed E-state index contributed by atoms with van der Waals surface area (Å²) in [6.07, 6.45) is 0. The van der Waals surface area contributed by atoms with Crippen LogP contribution in [0.2, 0.25) is 0 Å². The SMILES string of the molecule is COc1cc(OC)cc(N2C(=O)c3cccc4cccc(c34)C2=O)c1. The second kappa shape index (κ2) is 5.63. The summed E-state index contributed by atoms with van der Waals surface area (Å²) in [4.78, 5) is 27.2. The zero-order valence-electron chi connectivity index (χ0n) is 13.8. The van der Waals surface area contributed by atoms with Crippen LogP contribution in [0.25, 0.3) is 10.8 Å². The molecule has 4 rings (SSSR count). The van der Waals surface area contributed by atoms with E-state index in [1.54, 1.807) is 30.3 Å². The van der Waals surface area contributed by atoms with Crippen LogP contribution in [0.1, 0.15) is 20.7 Å². The predicted octanol–water partition coefficient (Wildman–Crippen LogP) is 3.66. The Bertz CT molecular complexity index is 952. The molecule has 124 valence electrons. The molecule has 0 fully saturated rings. The van der Waals surface area contributed by atoms with E-state index in [9.17, 15) is 9.59 Å². The number of nitrogens with zero attached hydrogens (tertiary/aromatic N) is 1. The maximum absolute atomic E-state index is 13.0. The number of carbonyl (C=O) groups excluding carboxylic acids is 2. The third-order valence-electron chi connectivity index (χ3n) is 4.37. The molecule has 0 radical (unpaired) electrons. The first-order valence-corrected chi connectivity index (χ1v) is 7.77. The van der Waals surface area contributed by atoms with E-state index in [-0.39, 0.29) is 11.8 Å². The van der Waals surface area contributed by atoms with Gasteiger partial charge in [-0.25, -0.2) is 4.90 Å². The van der Waals surface area contributed by atoms with Crippen molar-refractivity contribution in [2.45, 2.75) is 0 Å². The molecule has 0 N–H and O–H groups in total. The molecule has 3 aromatic rings. The summed E-state index contributed by atoms with van der Waals surface area (Å²) >= 11 is 0. The highest BCUT2D eigenvalue weighted by Gasteiger charge is 2.34. The van der Waals surface area contributed by atoms with E-state index in [2.05, 4.69) is 0 Å². The monoisotopic (exact) mass is 333 g/mol. The Balaban J connectivity index is 1.94. The number of ether oxygens (including phenoxy) is 2. The molecule has 0 spiro atoms. The molecule has 5 heteroatoms. The lowest BCUT2D eigenvalue weighted by molar-refractivity contribution is 0.0893. The van der Waals surface area contributed by atoms with Crippen LogP contribution in [-0.4, -0.2) is 26.0 Å². The molecule has 0 atom stereocenters. The van der Waals surface area contributed by atoms with Gasteiger partial charge in [-0.2, -0.15) is 0 Å². The third kappa shape index (κ3) is 2.24. The van der Waals surface area contributed by atoms with Gasteiger partial charge in [0.15, 0.2) is 0 Å². The number of imide groups is 1. The summed E-state index contributed by atoms with van der Waals surface area (Å²) in [5.41, 5.74) is 1.43. The summed E-state index contributed by atoms with van der Waals surface area (Å²) in [6, 6.07) is 15.9. The molecule has 3 aromatic carbocycles. The molecular formula is C20H15NO4. The Kier molecular flexibility index (Phi) is 3.42. The fourth-order valence-electron chi connectivity index (χ4n) is 3.19. The van der Waals surface area contributed by atoms with Gasteiger partial charge in [-0.05, 0) is 17.5 Å². The van der Waals surface area contributed by atoms with Crippen molar-refractivity contribution in [3.8, 4) is 11.5 Å². The van der Waals surface area contributed by atoms with Crippen LogP contribution >= 0.6 is 0 Å². The lowest BCUT2D eigenvalue weighted by atomic mass is 9.94. The van der Waals surface area contributed by atoms with E-state index in [1.807, 2.05) is 24.3 Å². The summed E-state index contributed by atoms with van der Waals surface area (Å²) in [5.74, 6) is 0.299. The van der Waals surface area contributed by atoms with E-state index in [0.717, 1.165) is 5.39 Å². The lowest BCUT2D eigenvalue weighted by Gasteiger charge is -2.27. The zero-order chi connectivity index (χ0) is 17.6. The molecule has 0 unspecified atom stereocenters. The van der Waals surface area contributed by atoms with Crippen LogP contribution in [0.15, 0.2) is 54.6 Å². The molecule has 0 saturated carbocycles. The van der Waals surface area contributed by atoms with Crippen molar-refractivity contribution < 1.29 is 19.1 Å². The predicted molar refractivity (Wildman–Crippen MR) is 94.6 cm³/mol. The summed E-state index contributed by atoms with van der Waals surface area (Å²) < 4.78 is 10.5. The van der Waals surface area contributed by atoms with Crippen LogP contribution in [0, 0.1) is 0 Å². The fraction of sp³-hybridized carbons (Fsp3) is 0.100. The van der Waals surface area contributed by atoms with E-state index >= 15 is 0 Å². The molecule has 25 heavy (non-hydrogen) atoms. The molecule has 1 heterocycles. The first-order chi connectivity index (χ1) is 12.1. The number of anilines is 1. The third-order valence-corrected chi connectivity index (χ3v) is 4.37. The lowest BCUT2D eigenvalue weighted by Crippen LogP contribution is -2.40. The second-order valence-corrected chi connectivity index (χ2v) is 5.73. The normalized spacial score (nSPS) is 13.3. The summed E-state index contributed by atoms with van der Waals surface area (Å²) in [6.45, 7) is 0. The quantitative estimate of drug-likeness (QED) is 0.687. The molecule has 0 saturated heterocycles. The van der Waals surface area contributed by atoms with Crippen molar-refractivity contribution in [3.05, 3.63) is 65.7 Å². The molecule has 1 aliphatic rings. The van der Waals surface area contributed by atoms with Crippen LogP contribution in [-0.2, 0) is 0 Å². The van der Waals surface area contributed by atoms with Gasteiger partial charge in [0.25, 0.3) is 11.8 Å². The van der Waals surface area contributed by atoms with Crippen LogP contribution in [0.5, 0.6) is 11.5 Å². The van der Waals surface area contributed by atoms with Crippen LogP contribution in [0.4, 0.5) is 5.69 Å². The second-order valence-electron chi connectivity index (χ2n) is 5.73. The highest BCUT2D eigenvalue weighted by Crippen LogP contribution is 2.35. The first kappa shape index (κ1) is 15.2. The van der Waals surface area contributed by atoms with Gasteiger partial charge in [0.05, 0.1) is 19.9 Å². The molecule has 2 amide bonds. The molecule has 0 aliphatic carbocycles. The number of hydrogen-bond donors (Lipinski definition) is 0. The fourth-order valence-corrected chi connectivity index (χ4v) is 3.19. The Morgan fingerprint density at radius 2 is 1.28 bits per heavy atom. The van der Waals surface area contributed by atoms with Crippen molar-refractivity contribution >= 4 is 28.3 Å². The Morgan fingerprint density at radius 3 is 1.76 bits per heavy atom. The number of carbonyl (C=O) groups is 2. The maximum Gasteiger partial charge on any atom is 0.265 e. The minimum absolute atomic E-state index is 0.357. The topological polar surface area (TPSA) is 55.8 Å². The molecule has 5 nitrogen and oxygen atoms in total. The number of benzene rings is 3. The van der Waals surface area contributed by atoms with Gasteiger partial charge >= 0.3 is 0 Å². The van der Waals surface area contributed by atoms with Crippen molar-refractivity contribution in [1.82, 2.24) is 0 Å². The Labute approximate surface area is 144 Å². The zero-order valence-corrected chi connectivity index (χ0v) is 13.8. The highest BCUT2D eigenvalue weighted by molar-refractivity contribution is 6.35. The van der Waals surface area contributed by atoms with Gasteiger partial charge in [0.2, 0.25) is 0 Å². The smallest absolute Gasteiger partial charge is 0.265 e. The van der Waals surface area contributed by atoms with Gasteiger partial charge in [-0.3, -0.25) is 9.59 Å². The number of rotatable bonds is 3. The summed E-state index contributed by atoms with van der Waals surface area (Å²) in [5, 5.41) is 1.57. The summed E-state index contributed by atoms with van der Waals surface area (Å²) in [7, 11) is 3.04. The Morgan fingerprint density at radius 1 is 0.760 bits per heavy atom. The maximum atomic E-state index is 13.0. The minimum Gasteiger partial charge on any atom is -0.497 e. The minimum atomic E-state index is -0.357. The van der Waals surface area contributed by atoms with E-state index in [1.165, 1.54) is 19.1 Å². The van der Waals surface area contributed by atoms with Crippen molar-refractivity contribution in [2.75, 3.05) is 19.1 Å². The molecule has 0 aromatic heterocycles. The largest absolute Gasteiger partial charge is 0.497 e. The Hall–Kier alpha value is -3.34. The van der Waals surface area contributed by atoms with Crippen LogP contribution in [0.3, 0.4) is 0 Å². The van der Waals surface area contributed by atoms with Gasteiger partial charge in [-0.15, -0.1) is 0 Å². The standard InChI is InChI=1S/C20H15NO4/c1-24-14-9-13(10-15(11-14)25-2)21-19(22)16-7-3-5-12-6-4-8-17(18(12)16)20(21)23/h3-11H,1-2H3. The van der Waals surface area contributed by atoms with E-state index in [4.69, 9.17) is 9.47 Å². The average Bonchev–Trinajstić information content (AvgIpc) is 2.65. The highest BCUT2D eigenvalue weighted by atomic mass is 16.5.